The van der Waals surface area contributed by atoms with Crippen LogP contribution in [-0.4, -0.2) is 6.10 Å². The van der Waals surface area contributed by atoms with E-state index in [2.05, 4.69) is 0 Å². The van der Waals surface area contributed by atoms with Gasteiger partial charge in [0.15, 0.2) is 0 Å². The van der Waals surface area contributed by atoms with Gasteiger partial charge < -0.3 is 0 Å². The van der Waals surface area contributed by atoms with Crippen LogP contribution in [-0.2, 0) is 5.11 Å². The molecule has 1 saturated carbocycles. The summed E-state index contributed by atoms with van der Waals surface area (Å²) in [5, 5.41) is 10.4. The third kappa shape index (κ3) is 1.93. The second kappa shape index (κ2) is 1.83. The highest BCUT2D eigenvalue weighted by atomic mass is 16.3. The molecule has 0 aromatic heterocycles. The van der Waals surface area contributed by atoms with Crippen molar-refractivity contribution in [3.8, 4) is 0 Å². The van der Waals surface area contributed by atoms with Crippen molar-refractivity contribution in [3.63, 3.8) is 0 Å². The second-order valence-electron chi connectivity index (χ2n) is 2.49. The molecule has 1 fully saturated rings. The molecule has 0 heterocycles. The third-order valence-electron chi connectivity index (χ3n) is 1.36. The van der Waals surface area contributed by atoms with Crippen LogP contribution in [0.1, 0.15) is 26.2 Å². The molecule has 1 unspecified atom stereocenters. The van der Waals surface area contributed by atoms with E-state index in [4.69, 9.17) is 0 Å². The van der Waals surface area contributed by atoms with Gasteiger partial charge in [-0.2, -0.15) is 0 Å². The van der Waals surface area contributed by atoms with Crippen molar-refractivity contribution in [1.29, 1.82) is 0 Å². The molecule has 1 nitrogen and oxygen atoms in total. The topological polar surface area (TPSA) is 19.9 Å². The van der Waals surface area contributed by atoms with E-state index in [1.54, 1.807) is 6.92 Å². The second-order valence-corrected chi connectivity index (χ2v) is 2.49. The Bertz CT molecular complexity index is 55.2. The van der Waals surface area contributed by atoms with E-state index in [1.165, 1.54) is 12.8 Å². The smallest absolute Gasteiger partial charge is 0.0904 e. The summed E-state index contributed by atoms with van der Waals surface area (Å²) in [5.74, 6) is 0.812. The Balaban J connectivity index is 1.97. The molecule has 7 heavy (non-hydrogen) atoms. The Hall–Kier alpha value is -0.0400. The van der Waals surface area contributed by atoms with Crippen LogP contribution in [0.4, 0.5) is 0 Å². The number of rotatable bonds is 2. The lowest BCUT2D eigenvalue weighted by molar-refractivity contribution is 0.0926. The standard InChI is InChI=1S/C6H11O/c1-5(7)4-6-2-3-6/h5-6H,2-4H2,1H3. The van der Waals surface area contributed by atoms with Gasteiger partial charge in [-0.25, -0.2) is 5.11 Å². The zero-order valence-corrected chi connectivity index (χ0v) is 4.68. The van der Waals surface area contributed by atoms with E-state index in [0.717, 1.165) is 12.3 Å². The summed E-state index contributed by atoms with van der Waals surface area (Å²) < 4.78 is 0. The molecule has 0 aliphatic heterocycles. The normalized spacial score (nSPS) is 24.9. The molecule has 0 bridgehead atoms. The van der Waals surface area contributed by atoms with E-state index in [0.29, 0.717) is 0 Å². The van der Waals surface area contributed by atoms with Gasteiger partial charge in [-0.15, -0.1) is 0 Å². The van der Waals surface area contributed by atoms with Crippen LogP contribution in [0.15, 0.2) is 0 Å². The SMILES string of the molecule is CC([O])CC1CC1. The summed E-state index contributed by atoms with van der Waals surface area (Å²) in [6, 6.07) is 0. The Morgan fingerprint density at radius 2 is 2.29 bits per heavy atom. The molecule has 1 rings (SSSR count). The molecule has 0 N–H and O–H groups in total. The predicted molar refractivity (Wildman–Crippen MR) is 27.5 cm³/mol. The predicted octanol–water partition coefficient (Wildman–Crippen LogP) is 1.61. The number of hydrogen-bond acceptors (Lipinski definition) is 0. The Morgan fingerprint density at radius 3 is 2.43 bits per heavy atom. The summed E-state index contributed by atoms with van der Waals surface area (Å²) in [6.45, 7) is 1.75. The molecule has 0 amide bonds. The van der Waals surface area contributed by atoms with Gasteiger partial charge >= 0.3 is 0 Å². The summed E-state index contributed by atoms with van der Waals surface area (Å²) in [7, 11) is 0. The van der Waals surface area contributed by atoms with Crippen LogP contribution in [0.2, 0.25) is 0 Å². The fraction of sp³-hybridized carbons (Fsp3) is 1.00. The molecule has 1 atom stereocenters. The lowest BCUT2D eigenvalue weighted by Crippen LogP contribution is -1.96. The summed E-state index contributed by atoms with van der Waals surface area (Å²) in [5.41, 5.74) is 0. The van der Waals surface area contributed by atoms with Crippen LogP contribution in [0.5, 0.6) is 0 Å². The van der Waals surface area contributed by atoms with Gasteiger partial charge in [-0.05, 0) is 19.3 Å². The summed E-state index contributed by atoms with van der Waals surface area (Å²) in [6.07, 6.45) is 3.23. The van der Waals surface area contributed by atoms with Crippen molar-refractivity contribution >= 4 is 0 Å². The lowest BCUT2D eigenvalue weighted by atomic mass is 10.2. The fourth-order valence-corrected chi connectivity index (χ4v) is 0.823. The molecule has 0 saturated heterocycles. The first kappa shape index (κ1) is 5.10. The van der Waals surface area contributed by atoms with Gasteiger partial charge in [-0.3, -0.25) is 0 Å². The Morgan fingerprint density at radius 1 is 1.71 bits per heavy atom. The molecule has 1 aliphatic carbocycles. The van der Waals surface area contributed by atoms with Crippen LogP contribution in [0.25, 0.3) is 0 Å². The molecule has 41 valence electrons. The number of hydrogen-bond donors (Lipinski definition) is 0. The molecule has 0 aromatic carbocycles. The molecular weight excluding hydrogens is 88.1 g/mol. The zero-order chi connectivity index (χ0) is 5.28. The van der Waals surface area contributed by atoms with Gasteiger partial charge in [0.05, 0.1) is 6.10 Å². The Labute approximate surface area is 44.4 Å². The van der Waals surface area contributed by atoms with Crippen molar-refractivity contribution in [2.75, 3.05) is 0 Å². The Kier molecular flexibility index (Phi) is 1.33. The van der Waals surface area contributed by atoms with Crippen LogP contribution in [0, 0.1) is 5.92 Å². The van der Waals surface area contributed by atoms with Crippen LogP contribution < -0.4 is 0 Å². The van der Waals surface area contributed by atoms with Crippen molar-refractivity contribution < 1.29 is 5.11 Å². The van der Waals surface area contributed by atoms with Crippen molar-refractivity contribution in [1.82, 2.24) is 0 Å². The van der Waals surface area contributed by atoms with E-state index in [9.17, 15) is 5.11 Å². The van der Waals surface area contributed by atoms with Gasteiger partial charge in [-0.1, -0.05) is 12.8 Å². The van der Waals surface area contributed by atoms with Crippen LogP contribution >= 0.6 is 0 Å². The average Bonchev–Trinajstić information content (AvgIpc) is 2.17. The van der Waals surface area contributed by atoms with Gasteiger partial charge in [0.25, 0.3) is 0 Å². The van der Waals surface area contributed by atoms with E-state index in [1.807, 2.05) is 0 Å². The first-order chi connectivity index (χ1) is 3.29. The maximum absolute atomic E-state index is 10.4. The van der Waals surface area contributed by atoms with E-state index < -0.39 is 0 Å². The summed E-state index contributed by atoms with van der Waals surface area (Å²) in [4.78, 5) is 0. The molecule has 1 aliphatic rings. The minimum Gasteiger partial charge on any atom is -0.233 e. The molecular formula is C6H11O. The first-order valence-electron chi connectivity index (χ1n) is 2.95. The minimum absolute atomic E-state index is 0.313. The zero-order valence-electron chi connectivity index (χ0n) is 4.68. The summed E-state index contributed by atoms with van der Waals surface area (Å²) >= 11 is 0. The first-order valence-corrected chi connectivity index (χ1v) is 2.95. The monoisotopic (exact) mass is 99.1 g/mol. The molecule has 1 radical (unpaired) electrons. The third-order valence-corrected chi connectivity index (χ3v) is 1.36. The van der Waals surface area contributed by atoms with Crippen molar-refractivity contribution in [3.05, 3.63) is 0 Å². The minimum atomic E-state index is -0.313. The van der Waals surface area contributed by atoms with Crippen molar-refractivity contribution in [2.45, 2.75) is 32.3 Å². The van der Waals surface area contributed by atoms with Crippen molar-refractivity contribution in [2.24, 2.45) is 5.92 Å². The van der Waals surface area contributed by atoms with Gasteiger partial charge in [0.2, 0.25) is 0 Å². The highest BCUT2D eigenvalue weighted by Crippen LogP contribution is 2.33. The van der Waals surface area contributed by atoms with Gasteiger partial charge in [0, 0.05) is 0 Å². The largest absolute Gasteiger partial charge is 0.233 e. The maximum atomic E-state index is 10.4. The highest BCUT2D eigenvalue weighted by molar-refractivity contribution is 4.74. The molecule has 1 heteroatoms. The fourth-order valence-electron chi connectivity index (χ4n) is 0.823. The molecule has 0 spiro atoms. The average molecular weight is 99.2 g/mol. The maximum Gasteiger partial charge on any atom is 0.0904 e. The van der Waals surface area contributed by atoms with Gasteiger partial charge in [0.1, 0.15) is 0 Å². The molecule has 0 aromatic rings. The quantitative estimate of drug-likeness (QED) is 0.501. The van der Waals surface area contributed by atoms with E-state index >= 15 is 0 Å². The van der Waals surface area contributed by atoms with E-state index in [-0.39, 0.29) is 6.10 Å². The van der Waals surface area contributed by atoms with Crippen LogP contribution in [0.3, 0.4) is 0 Å². The lowest BCUT2D eigenvalue weighted by Gasteiger charge is -1.94. The highest BCUT2D eigenvalue weighted by Gasteiger charge is 2.22.